The third-order valence-corrected chi connectivity index (χ3v) is 2.72. The summed E-state index contributed by atoms with van der Waals surface area (Å²) in [7, 11) is -4.39. The van der Waals surface area contributed by atoms with Crippen LogP contribution in [0.3, 0.4) is 0 Å². The van der Waals surface area contributed by atoms with Crippen LogP contribution in [0.1, 0.15) is 19.8 Å². The zero-order valence-corrected chi connectivity index (χ0v) is 11.2. The Labute approximate surface area is 109 Å². The molecule has 10 heteroatoms. The maximum absolute atomic E-state index is 11.0. The minimum absolute atomic E-state index is 0.0716. The van der Waals surface area contributed by atoms with Crippen molar-refractivity contribution in [3.63, 3.8) is 0 Å². The maximum Gasteiger partial charge on any atom is 0.334 e. The molecule has 0 aliphatic heterocycles. The molecule has 0 rings (SSSR count). The molecule has 110 valence electrons. The molecule has 5 N–H and O–H groups in total. The Morgan fingerprint density at radius 2 is 1.84 bits per heavy atom. The summed E-state index contributed by atoms with van der Waals surface area (Å²) in [4.78, 5) is 49.6. The van der Waals surface area contributed by atoms with E-state index in [0.717, 1.165) is 0 Å². The molecule has 0 aromatic rings. The average Bonchev–Trinajstić information content (AvgIpc) is 2.19. The van der Waals surface area contributed by atoms with E-state index >= 15 is 0 Å². The second kappa shape index (κ2) is 7.88. The standard InChI is InChI=1S/C9H17N2O7P/c1-6(12)11-7(9(14)15)3-2-4-10-8(13)5-19(16,17)18/h7H,2-5H2,1H3,(H,10,13)(H,11,12)(H,14,15)(H2,16,17,18). The molecule has 2 amide bonds. The fourth-order valence-electron chi connectivity index (χ4n) is 1.28. The Kier molecular flexibility index (Phi) is 7.28. The quantitative estimate of drug-likeness (QED) is 0.274. The number of rotatable bonds is 8. The number of aliphatic carboxylic acids is 1. The molecule has 0 heterocycles. The topological polar surface area (TPSA) is 153 Å². The number of carbonyl (C=O) groups excluding carboxylic acids is 2. The van der Waals surface area contributed by atoms with E-state index in [1.54, 1.807) is 0 Å². The van der Waals surface area contributed by atoms with Crippen molar-refractivity contribution in [1.29, 1.82) is 0 Å². The summed E-state index contributed by atoms with van der Waals surface area (Å²) in [5.41, 5.74) is 0. The Morgan fingerprint density at radius 3 is 2.26 bits per heavy atom. The van der Waals surface area contributed by atoms with Crippen molar-refractivity contribution in [3.8, 4) is 0 Å². The normalized spacial score (nSPS) is 12.6. The maximum atomic E-state index is 11.0. The zero-order chi connectivity index (χ0) is 15.1. The third-order valence-electron chi connectivity index (χ3n) is 2.02. The lowest BCUT2D eigenvalue weighted by Gasteiger charge is -2.13. The zero-order valence-electron chi connectivity index (χ0n) is 10.3. The van der Waals surface area contributed by atoms with Crippen LogP contribution < -0.4 is 10.6 Å². The number of carboxylic acids is 1. The fourth-order valence-corrected chi connectivity index (χ4v) is 1.77. The van der Waals surface area contributed by atoms with E-state index in [2.05, 4.69) is 10.6 Å². The largest absolute Gasteiger partial charge is 0.480 e. The van der Waals surface area contributed by atoms with E-state index in [0.29, 0.717) is 0 Å². The molecule has 0 aliphatic rings. The molecule has 0 saturated carbocycles. The highest BCUT2D eigenvalue weighted by atomic mass is 31.2. The summed E-state index contributed by atoms with van der Waals surface area (Å²) in [6, 6.07) is -1.05. The van der Waals surface area contributed by atoms with Gasteiger partial charge in [0, 0.05) is 13.5 Å². The van der Waals surface area contributed by atoms with Gasteiger partial charge in [0.1, 0.15) is 12.2 Å². The van der Waals surface area contributed by atoms with Gasteiger partial charge in [-0.1, -0.05) is 0 Å². The Morgan fingerprint density at radius 1 is 1.26 bits per heavy atom. The first-order valence-electron chi connectivity index (χ1n) is 5.43. The predicted molar refractivity (Wildman–Crippen MR) is 64.4 cm³/mol. The minimum atomic E-state index is -4.39. The monoisotopic (exact) mass is 296 g/mol. The van der Waals surface area contributed by atoms with Crippen LogP contribution in [0.5, 0.6) is 0 Å². The van der Waals surface area contributed by atoms with Gasteiger partial charge >= 0.3 is 13.6 Å². The van der Waals surface area contributed by atoms with Crippen molar-refractivity contribution < 1.29 is 33.8 Å². The predicted octanol–water partition coefficient (Wildman–Crippen LogP) is -1.35. The summed E-state index contributed by atoms with van der Waals surface area (Å²) < 4.78 is 10.5. The van der Waals surface area contributed by atoms with E-state index in [9.17, 15) is 18.9 Å². The van der Waals surface area contributed by atoms with Gasteiger partial charge in [-0.3, -0.25) is 14.2 Å². The van der Waals surface area contributed by atoms with E-state index in [1.165, 1.54) is 6.92 Å². The van der Waals surface area contributed by atoms with Crippen LogP contribution >= 0.6 is 7.60 Å². The van der Waals surface area contributed by atoms with Gasteiger partial charge in [-0.05, 0) is 12.8 Å². The summed E-state index contributed by atoms with van der Waals surface area (Å²) >= 11 is 0. The molecule has 1 unspecified atom stereocenters. The second-order valence-corrected chi connectivity index (χ2v) is 5.55. The number of amides is 2. The highest BCUT2D eigenvalue weighted by Crippen LogP contribution is 2.33. The third kappa shape index (κ3) is 10.2. The van der Waals surface area contributed by atoms with Gasteiger partial charge in [0.05, 0.1) is 0 Å². The van der Waals surface area contributed by atoms with Crippen LogP contribution in [0, 0.1) is 0 Å². The molecule has 0 saturated heterocycles. The lowest BCUT2D eigenvalue weighted by Crippen LogP contribution is -2.40. The molecule has 0 spiro atoms. The van der Waals surface area contributed by atoms with Crippen molar-refractivity contribution in [2.75, 3.05) is 12.7 Å². The van der Waals surface area contributed by atoms with Gasteiger partial charge < -0.3 is 25.5 Å². The molecule has 1 atom stereocenters. The van der Waals surface area contributed by atoms with E-state index in [-0.39, 0.29) is 19.4 Å². The first kappa shape index (κ1) is 17.6. The van der Waals surface area contributed by atoms with Crippen LogP contribution in [-0.4, -0.2) is 51.4 Å². The highest BCUT2D eigenvalue weighted by Gasteiger charge is 2.20. The molecule has 0 aromatic carbocycles. The second-order valence-electron chi connectivity index (χ2n) is 3.91. The SMILES string of the molecule is CC(=O)NC(CCCNC(=O)CP(=O)(O)O)C(=O)O. The Bertz CT molecular complexity index is 392. The van der Waals surface area contributed by atoms with Crippen LogP contribution in [-0.2, 0) is 18.9 Å². The number of hydrogen-bond donors (Lipinski definition) is 5. The smallest absolute Gasteiger partial charge is 0.334 e. The molecular formula is C9H17N2O7P. The highest BCUT2D eigenvalue weighted by molar-refractivity contribution is 7.52. The summed E-state index contributed by atoms with van der Waals surface area (Å²) in [5.74, 6) is -2.46. The first-order valence-corrected chi connectivity index (χ1v) is 7.23. The van der Waals surface area contributed by atoms with Gasteiger partial charge in [-0.15, -0.1) is 0 Å². The van der Waals surface area contributed by atoms with Crippen molar-refractivity contribution in [2.45, 2.75) is 25.8 Å². The average molecular weight is 296 g/mol. The number of hydrogen-bond acceptors (Lipinski definition) is 4. The fraction of sp³-hybridized carbons (Fsp3) is 0.667. The number of carbonyl (C=O) groups is 3. The van der Waals surface area contributed by atoms with Gasteiger partial charge in [0.25, 0.3) is 0 Å². The van der Waals surface area contributed by atoms with Gasteiger partial charge in [0.15, 0.2) is 0 Å². The number of carboxylic acid groups (broad SMARTS) is 1. The molecular weight excluding hydrogens is 279 g/mol. The van der Waals surface area contributed by atoms with Crippen molar-refractivity contribution >= 4 is 25.4 Å². The van der Waals surface area contributed by atoms with Crippen LogP contribution in [0.2, 0.25) is 0 Å². The van der Waals surface area contributed by atoms with E-state index < -0.39 is 37.6 Å². The minimum Gasteiger partial charge on any atom is -0.480 e. The van der Waals surface area contributed by atoms with Crippen LogP contribution in [0.4, 0.5) is 0 Å². The first-order chi connectivity index (χ1) is 8.61. The van der Waals surface area contributed by atoms with Crippen molar-refractivity contribution in [3.05, 3.63) is 0 Å². The van der Waals surface area contributed by atoms with Gasteiger partial charge in [-0.2, -0.15) is 0 Å². The van der Waals surface area contributed by atoms with Crippen LogP contribution in [0.25, 0.3) is 0 Å². The van der Waals surface area contributed by atoms with Crippen molar-refractivity contribution in [1.82, 2.24) is 10.6 Å². The summed E-state index contributed by atoms with van der Waals surface area (Å²) in [5, 5.41) is 13.3. The molecule has 0 fully saturated rings. The lowest BCUT2D eigenvalue weighted by molar-refractivity contribution is -0.141. The lowest BCUT2D eigenvalue weighted by atomic mass is 10.1. The number of nitrogens with one attached hydrogen (secondary N) is 2. The van der Waals surface area contributed by atoms with Crippen LogP contribution in [0.15, 0.2) is 0 Å². The summed E-state index contributed by atoms with van der Waals surface area (Å²) in [6.45, 7) is 1.26. The molecule has 19 heavy (non-hydrogen) atoms. The Hall–Kier alpha value is -1.44. The van der Waals surface area contributed by atoms with Gasteiger partial charge in [-0.25, -0.2) is 4.79 Å². The van der Waals surface area contributed by atoms with Gasteiger partial charge in [0.2, 0.25) is 11.8 Å². The van der Waals surface area contributed by atoms with E-state index in [4.69, 9.17) is 14.9 Å². The molecule has 0 aliphatic carbocycles. The van der Waals surface area contributed by atoms with E-state index in [1.807, 2.05) is 0 Å². The molecule has 0 radical (unpaired) electrons. The van der Waals surface area contributed by atoms with Crippen molar-refractivity contribution in [2.24, 2.45) is 0 Å². The Balaban J connectivity index is 3.95. The molecule has 0 aromatic heterocycles. The summed E-state index contributed by atoms with van der Waals surface area (Å²) in [6.07, 6.45) is -0.545. The molecule has 9 nitrogen and oxygen atoms in total. The molecule has 0 bridgehead atoms.